The van der Waals surface area contributed by atoms with Crippen LogP contribution in [0.5, 0.6) is 0 Å². The number of hydrogen-bond donors (Lipinski definition) is 1. The summed E-state index contributed by atoms with van der Waals surface area (Å²) in [4.78, 5) is 12.8. The molecule has 3 aromatic carbocycles. The van der Waals surface area contributed by atoms with Gasteiger partial charge < -0.3 is 5.32 Å². The van der Waals surface area contributed by atoms with Crippen LogP contribution >= 0.6 is 0 Å². The Morgan fingerprint density at radius 1 is 0.758 bits per heavy atom. The van der Waals surface area contributed by atoms with Gasteiger partial charge in [-0.3, -0.25) is 9.10 Å². The molecule has 0 aliphatic carbocycles. The predicted octanol–water partition coefficient (Wildman–Crippen LogP) is 3.32. The van der Waals surface area contributed by atoms with Gasteiger partial charge in [0.05, 0.1) is 15.5 Å². The van der Waals surface area contributed by atoms with Crippen LogP contribution in [-0.2, 0) is 20.0 Å². The van der Waals surface area contributed by atoms with E-state index in [-0.39, 0.29) is 15.4 Å². The van der Waals surface area contributed by atoms with Crippen LogP contribution in [0, 0.1) is 6.92 Å². The fourth-order valence-corrected chi connectivity index (χ4v) is 5.14. The third-order valence-electron chi connectivity index (χ3n) is 5.13. The summed E-state index contributed by atoms with van der Waals surface area (Å²) in [5.74, 6) is -0.488. The molecule has 0 radical (unpaired) electrons. The highest BCUT2D eigenvalue weighted by atomic mass is 32.2. The van der Waals surface area contributed by atoms with E-state index >= 15 is 0 Å². The van der Waals surface area contributed by atoms with Crippen molar-refractivity contribution in [2.75, 3.05) is 30.8 Å². The van der Waals surface area contributed by atoms with Crippen molar-refractivity contribution in [1.29, 1.82) is 0 Å². The maximum Gasteiger partial charge on any atom is 0.264 e. The Hall–Kier alpha value is -3.21. The van der Waals surface area contributed by atoms with Crippen LogP contribution in [0.4, 0.5) is 11.4 Å². The number of para-hydroxylation sites is 1. The number of amides is 1. The van der Waals surface area contributed by atoms with Gasteiger partial charge in [-0.05, 0) is 61.0 Å². The molecule has 0 unspecified atom stereocenters. The topological polar surface area (TPSA) is 104 Å². The number of nitrogens with zero attached hydrogens (tertiary/aromatic N) is 2. The molecule has 0 fully saturated rings. The first-order valence-corrected chi connectivity index (χ1v) is 12.8. The number of carbonyl (C=O) groups excluding carboxylic acids is 1. The summed E-state index contributed by atoms with van der Waals surface area (Å²) < 4.78 is 52.8. The van der Waals surface area contributed by atoms with Gasteiger partial charge in [0.25, 0.3) is 15.9 Å². The van der Waals surface area contributed by atoms with Crippen molar-refractivity contribution in [3.05, 3.63) is 83.9 Å². The number of benzene rings is 3. The normalized spacial score (nSPS) is 11.9. The number of carbonyl (C=O) groups is 1. The SMILES string of the molecule is Cc1ccc(S(=O)(=O)N(C)C)cc1NC(=O)c1ccc(S(=O)(=O)N(C)c2ccccc2)cc1. The lowest BCUT2D eigenvalue weighted by molar-refractivity contribution is 0.102. The maximum absolute atomic E-state index is 12.9. The number of anilines is 2. The quantitative estimate of drug-likeness (QED) is 0.551. The van der Waals surface area contributed by atoms with E-state index in [2.05, 4.69) is 5.32 Å². The van der Waals surface area contributed by atoms with E-state index in [0.29, 0.717) is 16.9 Å². The van der Waals surface area contributed by atoms with Gasteiger partial charge in [-0.25, -0.2) is 21.1 Å². The molecule has 0 atom stereocenters. The molecule has 0 saturated carbocycles. The van der Waals surface area contributed by atoms with Crippen molar-refractivity contribution in [3.63, 3.8) is 0 Å². The Kier molecular flexibility index (Phi) is 6.92. The van der Waals surface area contributed by atoms with Gasteiger partial charge in [-0.1, -0.05) is 24.3 Å². The summed E-state index contributed by atoms with van der Waals surface area (Å²) in [7, 11) is -3.14. The summed E-state index contributed by atoms with van der Waals surface area (Å²) in [5.41, 5.74) is 1.78. The lowest BCUT2D eigenvalue weighted by atomic mass is 10.1. The lowest BCUT2D eigenvalue weighted by Crippen LogP contribution is -2.26. The minimum absolute atomic E-state index is 0.0423. The third kappa shape index (κ3) is 5.08. The van der Waals surface area contributed by atoms with Crippen LogP contribution < -0.4 is 9.62 Å². The van der Waals surface area contributed by atoms with Crippen molar-refractivity contribution in [2.45, 2.75) is 16.7 Å². The van der Waals surface area contributed by atoms with Gasteiger partial charge in [0.15, 0.2) is 0 Å². The zero-order chi connectivity index (χ0) is 24.4. The van der Waals surface area contributed by atoms with Gasteiger partial charge in [-0.15, -0.1) is 0 Å². The highest BCUT2D eigenvalue weighted by molar-refractivity contribution is 7.92. The van der Waals surface area contributed by atoms with Crippen LogP contribution in [0.2, 0.25) is 0 Å². The highest BCUT2D eigenvalue weighted by Gasteiger charge is 2.22. The van der Waals surface area contributed by atoms with E-state index in [9.17, 15) is 21.6 Å². The minimum Gasteiger partial charge on any atom is -0.322 e. The maximum atomic E-state index is 12.9. The van der Waals surface area contributed by atoms with Gasteiger partial charge in [-0.2, -0.15) is 0 Å². The van der Waals surface area contributed by atoms with E-state index in [0.717, 1.165) is 4.31 Å². The monoisotopic (exact) mass is 487 g/mol. The second kappa shape index (κ2) is 9.34. The van der Waals surface area contributed by atoms with Gasteiger partial charge in [0.2, 0.25) is 10.0 Å². The highest BCUT2D eigenvalue weighted by Crippen LogP contribution is 2.24. The largest absolute Gasteiger partial charge is 0.322 e. The van der Waals surface area contributed by atoms with Gasteiger partial charge in [0.1, 0.15) is 0 Å². The van der Waals surface area contributed by atoms with Crippen LogP contribution in [0.25, 0.3) is 0 Å². The second-order valence-corrected chi connectivity index (χ2v) is 11.7. The van der Waals surface area contributed by atoms with Crippen molar-refractivity contribution in [1.82, 2.24) is 4.31 Å². The van der Waals surface area contributed by atoms with Crippen LogP contribution in [0.3, 0.4) is 0 Å². The predicted molar refractivity (Wildman–Crippen MR) is 128 cm³/mol. The van der Waals surface area contributed by atoms with E-state index in [1.807, 2.05) is 0 Å². The van der Waals surface area contributed by atoms with Crippen molar-refractivity contribution in [3.8, 4) is 0 Å². The van der Waals surface area contributed by atoms with Crippen LogP contribution in [0.15, 0.2) is 82.6 Å². The number of sulfonamides is 2. The molecule has 0 spiro atoms. The summed E-state index contributed by atoms with van der Waals surface area (Å²) in [5, 5.41) is 2.70. The molecule has 3 rings (SSSR count). The first-order valence-electron chi connectivity index (χ1n) is 9.93. The van der Waals surface area contributed by atoms with Crippen LogP contribution in [-0.4, -0.2) is 48.2 Å². The molecular weight excluding hydrogens is 462 g/mol. The van der Waals surface area contributed by atoms with Crippen molar-refractivity contribution < 1.29 is 21.6 Å². The molecule has 0 aliphatic heterocycles. The van der Waals surface area contributed by atoms with Crippen molar-refractivity contribution >= 4 is 37.3 Å². The fourth-order valence-electron chi connectivity index (χ4n) is 3.01. The van der Waals surface area contributed by atoms with Crippen molar-refractivity contribution in [2.24, 2.45) is 0 Å². The van der Waals surface area contributed by atoms with Gasteiger partial charge >= 0.3 is 0 Å². The zero-order valence-corrected chi connectivity index (χ0v) is 20.3. The molecule has 174 valence electrons. The zero-order valence-electron chi connectivity index (χ0n) is 18.7. The smallest absolute Gasteiger partial charge is 0.264 e. The molecule has 8 nitrogen and oxygen atoms in total. The molecule has 0 saturated heterocycles. The average molecular weight is 488 g/mol. The Labute approximate surface area is 194 Å². The first-order chi connectivity index (χ1) is 15.4. The van der Waals surface area contributed by atoms with E-state index in [4.69, 9.17) is 0 Å². The Balaban J connectivity index is 1.83. The lowest BCUT2D eigenvalue weighted by Gasteiger charge is -2.19. The van der Waals surface area contributed by atoms with E-state index in [1.54, 1.807) is 43.3 Å². The standard InChI is InChI=1S/C23H25N3O5S2/c1-17-10-13-21(32(28,29)25(2)3)16-22(17)24-23(27)18-11-14-20(15-12-18)33(30,31)26(4)19-8-6-5-7-9-19/h5-16H,1-4H3,(H,24,27). The average Bonchev–Trinajstić information content (AvgIpc) is 2.80. The number of hydrogen-bond acceptors (Lipinski definition) is 5. The summed E-state index contributed by atoms with van der Waals surface area (Å²) in [6.45, 7) is 1.75. The van der Waals surface area contributed by atoms with E-state index in [1.165, 1.54) is 61.8 Å². The molecule has 0 aliphatic rings. The third-order valence-corrected chi connectivity index (χ3v) is 8.74. The molecule has 1 amide bonds. The Morgan fingerprint density at radius 3 is 1.91 bits per heavy atom. The molecule has 0 heterocycles. The Morgan fingerprint density at radius 2 is 1.33 bits per heavy atom. The van der Waals surface area contributed by atoms with Crippen LogP contribution in [0.1, 0.15) is 15.9 Å². The second-order valence-electron chi connectivity index (χ2n) is 7.55. The first kappa shape index (κ1) is 24.4. The molecular formula is C23H25N3O5S2. The molecule has 33 heavy (non-hydrogen) atoms. The molecule has 10 heteroatoms. The number of nitrogens with one attached hydrogen (secondary N) is 1. The summed E-state index contributed by atoms with van der Waals surface area (Å²) >= 11 is 0. The molecule has 0 bridgehead atoms. The molecule has 1 N–H and O–H groups in total. The minimum atomic E-state index is -3.80. The summed E-state index contributed by atoms with van der Waals surface area (Å²) in [6, 6.07) is 18.7. The summed E-state index contributed by atoms with van der Waals surface area (Å²) in [6.07, 6.45) is 0. The van der Waals surface area contributed by atoms with E-state index < -0.39 is 26.0 Å². The molecule has 0 aromatic heterocycles. The van der Waals surface area contributed by atoms with Gasteiger partial charge in [0, 0.05) is 32.4 Å². The molecule has 3 aromatic rings. The Bertz CT molecular complexity index is 1370. The number of rotatable bonds is 7. The fraction of sp³-hybridized carbons (Fsp3) is 0.174. The number of aryl methyl sites for hydroxylation is 1.